The molecule has 0 radical (unpaired) electrons. The highest BCUT2D eigenvalue weighted by atomic mass is 17.1. The highest BCUT2D eigenvalue weighted by Gasteiger charge is 2.50. The first-order chi connectivity index (χ1) is 6.15. The Balaban J connectivity index is 2.06. The summed E-state index contributed by atoms with van der Waals surface area (Å²) in [6.07, 6.45) is 2.66. The molecule has 0 aromatic heterocycles. The highest BCUT2D eigenvalue weighted by molar-refractivity contribution is 4.98. The van der Waals surface area contributed by atoms with Crippen LogP contribution in [-0.4, -0.2) is 11.4 Å². The van der Waals surface area contributed by atoms with Crippen LogP contribution in [0, 0.1) is 29.6 Å². The molecule has 0 aromatic rings. The van der Waals surface area contributed by atoms with Gasteiger partial charge in [-0.15, -0.1) is 0 Å². The van der Waals surface area contributed by atoms with Crippen molar-refractivity contribution in [2.75, 3.05) is 0 Å². The Bertz CT molecular complexity index is 191. The third-order valence-electron chi connectivity index (χ3n) is 4.72. The summed E-state index contributed by atoms with van der Waals surface area (Å²) < 4.78 is 0. The van der Waals surface area contributed by atoms with Crippen LogP contribution in [0.4, 0.5) is 0 Å². The largest absolute Gasteiger partial charge is 0.252 e. The molecule has 6 unspecified atom stereocenters. The van der Waals surface area contributed by atoms with E-state index in [-0.39, 0.29) is 6.10 Å². The van der Waals surface area contributed by atoms with Gasteiger partial charge in [0, 0.05) is 0 Å². The van der Waals surface area contributed by atoms with Gasteiger partial charge in [0.05, 0.1) is 6.10 Å². The van der Waals surface area contributed by atoms with Gasteiger partial charge in [0.1, 0.15) is 0 Å². The Kier molecular flexibility index (Phi) is 2.37. The van der Waals surface area contributed by atoms with Crippen LogP contribution >= 0.6 is 0 Å². The molecule has 2 saturated carbocycles. The molecule has 2 aliphatic rings. The summed E-state index contributed by atoms with van der Waals surface area (Å²) in [6.45, 7) is 6.71. The molecule has 13 heavy (non-hydrogen) atoms. The maximum absolute atomic E-state index is 8.68. The van der Waals surface area contributed by atoms with E-state index in [1.165, 1.54) is 12.8 Å². The van der Waals surface area contributed by atoms with Crippen molar-refractivity contribution in [3.8, 4) is 0 Å². The molecule has 2 heteroatoms. The van der Waals surface area contributed by atoms with Gasteiger partial charge in [0.15, 0.2) is 0 Å². The molecule has 1 N–H and O–H groups in total. The highest BCUT2D eigenvalue weighted by Crippen LogP contribution is 2.56. The topological polar surface area (TPSA) is 29.5 Å². The van der Waals surface area contributed by atoms with Gasteiger partial charge in [0.2, 0.25) is 0 Å². The van der Waals surface area contributed by atoms with Crippen LogP contribution in [0.3, 0.4) is 0 Å². The summed E-state index contributed by atoms with van der Waals surface area (Å²) in [6, 6.07) is 0. The fourth-order valence-corrected chi connectivity index (χ4v) is 3.62. The van der Waals surface area contributed by atoms with E-state index >= 15 is 0 Å². The molecule has 76 valence electrons. The molecule has 0 aromatic carbocycles. The van der Waals surface area contributed by atoms with Gasteiger partial charge < -0.3 is 0 Å². The van der Waals surface area contributed by atoms with Gasteiger partial charge in [-0.3, -0.25) is 5.26 Å². The van der Waals surface area contributed by atoms with Crippen LogP contribution in [0.1, 0.15) is 33.6 Å². The number of fused-ring (bicyclic) bond motifs is 2. The predicted molar refractivity (Wildman–Crippen MR) is 51.2 cm³/mol. The molecule has 0 aliphatic heterocycles. The van der Waals surface area contributed by atoms with E-state index in [1.54, 1.807) is 0 Å². The van der Waals surface area contributed by atoms with Gasteiger partial charge in [-0.25, -0.2) is 4.89 Å². The average Bonchev–Trinajstić information content (AvgIpc) is 2.67. The molecule has 0 spiro atoms. The number of hydrogen-bond acceptors (Lipinski definition) is 2. The van der Waals surface area contributed by atoms with Crippen LogP contribution in [0.5, 0.6) is 0 Å². The van der Waals surface area contributed by atoms with Crippen LogP contribution in [0.2, 0.25) is 0 Å². The lowest BCUT2D eigenvalue weighted by Gasteiger charge is -2.33. The van der Waals surface area contributed by atoms with Gasteiger partial charge in [0.25, 0.3) is 0 Å². The first-order valence-corrected chi connectivity index (χ1v) is 5.45. The lowest BCUT2D eigenvalue weighted by molar-refractivity contribution is -0.289. The molecule has 0 saturated heterocycles. The predicted octanol–water partition coefficient (Wildman–Crippen LogP) is 2.79. The molecule has 0 heterocycles. The van der Waals surface area contributed by atoms with Crippen molar-refractivity contribution in [3.63, 3.8) is 0 Å². The minimum absolute atomic E-state index is 0.0324. The van der Waals surface area contributed by atoms with Crippen molar-refractivity contribution in [3.05, 3.63) is 0 Å². The maximum atomic E-state index is 8.68. The van der Waals surface area contributed by atoms with Crippen molar-refractivity contribution in [1.82, 2.24) is 0 Å². The van der Waals surface area contributed by atoms with Crippen molar-refractivity contribution < 1.29 is 10.1 Å². The molecule has 2 nitrogen and oxygen atoms in total. The Hall–Kier alpha value is -0.0800. The quantitative estimate of drug-likeness (QED) is 0.528. The summed E-state index contributed by atoms with van der Waals surface area (Å²) in [5.74, 6) is 3.99. The zero-order chi connectivity index (χ0) is 9.59. The van der Waals surface area contributed by atoms with E-state index in [9.17, 15) is 0 Å². The van der Waals surface area contributed by atoms with Gasteiger partial charge >= 0.3 is 0 Å². The maximum Gasteiger partial charge on any atom is 0.0930 e. The molecule has 2 fully saturated rings. The monoisotopic (exact) mass is 184 g/mol. The second kappa shape index (κ2) is 3.25. The lowest BCUT2D eigenvalue weighted by Crippen LogP contribution is -2.31. The second-order valence-corrected chi connectivity index (χ2v) is 5.09. The summed E-state index contributed by atoms with van der Waals surface area (Å²) in [5.41, 5.74) is 0. The minimum atomic E-state index is 0.0324. The zero-order valence-corrected chi connectivity index (χ0v) is 8.73. The average molecular weight is 184 g/mol. The van der Waals surface area contributed by atoms with Crippen molar-refractivity contribution in [1.29, 1.82) is 0 Å². The third-order valence-corrected chi connectivity index (χ3v) is 4.72. The molecule has 2 aliphatic carbocycles. The fourth-order valence-electron chi connectivity index (χ4n) is 3.62. The lowest BCUT2D eigenvalue weighted by atomic mass is 9.74. The number of hydrogen-bond donors (Lipinski definition) is 1. The zero-order valence-electron chi connectivity index (χ0n) is 8.73. The van der Waals surface area contributed by atoms with Gasteiger partial charge in [-0.05, 0) is 49.4 Å². The standard InChI is InChI=1S/C11H20O2/c1-6-7(2)10-4-9(6)5-11(10)8(3)13-12/h6-12H,4-5H2,1-3H3. The van der Waals surface area contributed by atoms with E-state index < -0.39 is 0 Å². The van der Waals surface area contributed by atoms with Crippen LogP contribution in [0.15, 0.2) is 0 Å². The first kappa shape index (κ1) is 9.47. The van der Waals surface area contributed by atoms with Crippen LogP contribution < -0.4 is 0 Å². The normalized spacial score (nSPS) is 51.2. The molecule has 0 amide bonds. The van der Waals surface area contributed by atoms with E-state index in [2.05, 4.69) is 18.7 Å². The SMILES string of the molecule is CC(OO)C1CC2CC1C(C)C2C. The van der Waals surface area contributed by atoms with Crippen LogP contribution in [-0.2, 0) is 4.89 Å². The van der Waals surface area contributed by atoms with Crippen molar-refractivity contribution in [2.24, 2.45) is 29.6 Å². The Morgan fingerprint density at radius 1 is 1.23 bits per heavy atom. The minimum Gasteiger partial charge on any atom is -0.252 e. The van der Waals surface area contributed by atoms with Gasteiger partial charge in [-0.2, -0.15) is 0 Å². The summed E-state index contributed by atoms with van der Waals surface area (Å²) >= 11 is 0. The summed E-state index contributed by atoms with van der Waals surface area (Å²) in [4.78, 5) is 4.47. The van der Waals surface area contributed by atoms with Crippen molar-refractivity contribution >= 4 is 0 Å². The van der Waals surface area contributed by atoms with Crippen LogP contribution in [0.25, 0.3) is 0 Å². The number of rotatable bonds is 2. The fraction of sp³-hybridized carbons (Fsp3) is 1.00. The van der Waals surface area contributed by atoms with E-state index in [1.807, 2.05) is 6.92 Å². The van der Waals surface area contributed by atoms with E-state index in [0.29, 0.717) is 5.92 Å². The molecule has 2 bridgehead atoms. The van der Waals surface area contributed by atoms with Crippen molar-refractivity contribution in [2.45, 2.75) is 39.7 Å². The molecular formula is C11H20O2. The molecule has 2 rings (SSSR count). The van der Waals surface area contributed by atoms with Gasteiger partial charge in [-0.1, -0.05) is 13.8 Å². The smallest absolute Gasteiger partial charge is 0.0930 e. The van der Waals surface area contributed by atoms with E-state index in [0.717, 1.165) is 23.7 Å². The Labute approximate surface area is 80.2 Å². The summed E-state index contributed by atoms with van der Waals surface area (Å²) in [5, 5.41) is 8.68. The summed E-state index contributed by atoms with van der Waals surface area (Å²) in [7, 11) is 0. The van der Waals surface area contributed by atoms with E-state index in [4.69, 9.17) is 5.26 Å². The molecular weight excluding hydrogens is 164 g/mol. The first-order valence-electron chi connectivity index (χ1n) is 5.45. The Morgan fingerprint density at radius 2 is 1.92 bits per heavy atom. The Morgan fingerprint density at radius 3 is 2.38 bits per heavy atom. The third kappa shape index (κ3) is 1.31. The second-order valence-electron chi connectivity index (χ2n) is 5.09. The molecule has 6 atom stereocenters.